The molecular weight excluding hydrogens is 366 g/mol. The second-order valence-corrected chi connectivity index (χ2v) is 7.55. The van der Waals surface area contributed by atoms with Crippen LogP contribution in [0.3, 0.4) is 0 Å². The molecule has 1 saturated carbocycles. The normalized spacial score (nSPS) is 14.6. The van der Waals surface area contributed by atoms with Gasteiger partial charge >= 0.3 is 5.97 Å². The quantitative estimate of drug-likeness (QED) is 0.607. The number of pyridine rings is 1. The molecule has 0 radical (unpaired) electrons. The highest BCUT2D eigenvalue weighted by Gasteiger charge is 2.26. The molecule has 4 rings (SSSR count). The van der Waals surface area contributed by atoms with Crippen LogP contribution in [0, 0.1) is 6.92 Å². The second-order valence-electron chi connectivity index (χ2n) is 7.55. The van der Waals surface area contributed by atoms with Crippen LogP contribution in [0.5, 0.6) is 11.5 Å². The Morgan fingerprint density at radius 2 is 1.79 bits per heavy atom. The zero-order chi connectivity index (χ0) is 20.7. The topological polar surface area (TPSA) is 79.7 Å². The number of phenolic OH excluding ortho intramolecular Hbond substituents is 1. The molecule has 1 heterocycles. The number of nitrogens with zero attached hydrogens (tertiary/aromatic N) is 1. The Balaban J connectivity index is 1.94. The van der Waals surface area contributed by atoms with Crippen molar-refractivity contribution in [2.45, 2.75) is 39.7 Å². The van der Waals surface area contributed by atoms with Gasteiger partial charge in [0.1, 0.15) is 11.5 Å². The number of carboxylic acid groups (broad SMARTS) is 1. The van der Waals surface area contributed by atoms with Crippen molar-refractivity contribution in [3.05, 3.63) is 64.8 Å². The standard InChI is InChI=1S/C24H23NO4/c1-13-8-11-21(29-16-9-10-16)22-18(24(27)28)12-19(25-23(13)22)15(3)14(2)17-6-4-5-7-20(17)26/h4-8,11-12,16,26H,9-10H2,1-3H3,(H,27,28)/b15-14+. The van der Waals surface area contributed by atoms with Gasteiger partial charge in [-0.15, -0.1) is 0 Å². The predicted molar refractivity (Wildman–Crippen MR) is 113 cm³/mol. The van der Waals surface area contributed by atoms with E-state index in [1.807, 2.05) is 45.0 Å². The number of rotatable bonds is 5. The first-order valence-corrected chi connectivity index (χ1v) is 9.67. The minimum absolute atomic E-state index is 0.159. The average molecular weight is 389 g/mol. The number of ether oxygens (including phenoxy) is 1. The number of aromatic carboxylic acids is 1. The number of hydrogen-bond acceptors (Lipinski definition) is 4. The first-order chi connectivity index (χ1) is 13.9. The molecule has 29 heavy (non-hydrogen) atoms. The summed E-state index contributed by atoms with van der Waals surface area (Å²) < 4.78 is 5.97. The maximum Gasteiger partial charge on any atom is 0.336 e. The summed E-state index contributed by atoms with van der Waals surface area (Å²) in [7, 11) is 0. The third kappa shape index (κ3) is 3.56. The molecule has 1 aliphatic carbocycles. The van der Waals surface area contributed by atoms with E-state index in [0.717, 1.165) is 29.6 Å². The second kappa shape index (κ2) is 7.24. The average Bonchev–Trinajstić information content (AvgIpc) is 3.52. The van der Waals surface area contributed by atoms with Crippen molar-refractivity contribution in [3.8, 4) is 11.5 Å². The summed E-state index contributed by atoms with van der Waals surface area (Å²) in [5.74, 6) is -0.263. The molecule has 0 amide bonds. The lowest BCUT2D eigenvalue weighted by Crippen LogP contribution is -2.06. The van der Waals surface area contributed by atoms with Gasteiger partial charge in [0, 0.05) is 5.56 Å². The number of fused-ring (bicyclic) bond motifs is 1. The van der Waals surface area contributed by atoms with Gasteiger partial charge in [0.15, 0.2) is 0 Å². The lowest BCUT2D eigenvalue weighted by molar-refractivity contribution is 0.0698. The van der Waals surface area contributed by atoms with Crippen LogP contribution in [0.2, 0.25) is 0 Å². The van der Waals surface area contributed by atoms with Gasteiger partial charge in [-0.25, -0.2) is 9.78 Å². The summed E-state index contributed by atoms with van der Waals surface area (Å²) in [5, 5.41) is 20.7. The molecule has 2 aromatic carbocycles. The number of aromatic hydroxyl groups is 1. The molecule has 5 nitrogen and oxygen atoms in total. The van der Waals surface area contributed by atoms with Crippen LogP contribution in [0.1, 0.15) is 53.9 Å². The number of allylic oxidation sites excluding steroid dienone is 2. The Labute approximate surface area is 169 Å². The highest BCUT2D eigenvalue weighted by Crippen LogP contribution is 2.37. The lowest BCUT2D eigenvalue weighted by atomic mass is 9.96. The van der Waals surface area contributed by atoms with E-state index < -0.39 is 5.97 Å². The van der Waals surface area contributed by atoms with Gasteiger partial charge in [-0.2, -0.15) is 0 Å². The van der Waals surface area contributed by atoms with E-state index in [1.165, 1.54) is 0 Å². The summed E-state index contributed by atoms with van der Waals surface area (Å²) in [5.41, 5.74) is 4.61. The maximum absolute atomic E-state index is 12.1. The van der Waals surface area contributed by atoms with Gasteiger partial charge in [0.25, 0.3) is 0 Å². The van der Waals surface area contributed by atoms with E-state index in [0.29, 0.717) is 27.9 Å². The summed E-state index contributed by atoms with van der Waals surface area (Å²) in [4.78, 5) is 16.9. The van der Waals surface area contributed by atoms with Crippen LogP contribution in [0.4, 0.5) is 0 Å². The van der Waals surface area contributed by atoms with Crippen LogP contribution >= 0.6 is 0 Å². The van der Waals surface area contributed by atoms with Crippen molar-refractivity contribution in [2.75, 3.05) is 0 Å². The Hall–Kier alpha value is -3.34. The van der Waals surface area contributed by atoms with Crippen molar-refractivity contribution in [2.24, 2.45) is 0 Å². The molecule has 0 saturated heterocycles. The Morgan fingerprint density at radius 1 is 1.07 bits per heavy atom. The van der Waals surface area contributed by atoms with Gasteiger partial charge in [-0.3, -0.25) is 0 Å². The molecule has 1 aromatic heterocycles. The number of benzene rings is 2. The number of phenols is 1. The van der Waals surface area contributed by atoms with E-state index >= 15 is 0 Å². The zero-order valence-corrected chi connectivity index (χ0v) is 16.7. The minimum atomic E-state index is -1.02. The van der Waals surface area contributed by atoms with Crippen molar-refractivity contribution in [1.82, 2.24) is 4.98 Å². The predicted octanol–water partition coefficient (Wildman–Crippen LogP) is 5.44. The van der Waals surface area contributed by atoms with E-state index in [4.69, 9.17) is 9.72 Å². The van der Waals surface area contributed by atoms with Crippen LogP contribution < -0.4 is 4.74 Å². The molecule has 148 valence electrons. The molecule has 0 aliphatic heterocycles. The van der Waals surface area contributed by atoms with E-state index in [1.54, 1.807) is 18.2 Å². The third-order valence-corrected chi connectivity index (χ3v) is 5.43. The Morgan fingerprint density at radius 3 is 2.45 bits per heavy atom. The third-order valence-electron chi connectivity index (χ3n) is 5.43. The first kappa shape index (κ1) is 19.0. The molecule has 1 aliphatic rings. The van der Waals surface area contributed by atoms with Crippen LogP contribution in [0.15, 0.2) is 42.5 Å². The smallest absolute Gasteiger partial charge is 0.336 e. The van der Waals surface area contributed by atoms with Gasteiger partial charge in [-0.1, -0.05) is 24.3 Å². The van der Waals surface area contributed by atoms with Gasteiger partial charge in [0.2, 0.25) is 0 Å². The minimum Gasteiger partial charge on any atom is -0.507 e. The van der Waals surface area contributed by atoms with E-state index in [9.17, 15) is 15.0 Å². The molecule has 3 aromatic rings. The van der Waals surface area contributed by atoms with Gasteiger partial charge in [-0.05, 0) is 68.5 Å². The molecule has 2 N–H and O–H groups in total. The molecule has 0 bridgehead atoms. The zero-order valence-electron chi connectivity index (χ0n) is 16.7. The number of aromatic nitrogens is 1. The summed E-state index contributed by atoms with van der Waals surface area (Å²) in [6.07, 6.45) is 2.14. The number of hydrogen-bond donors (Lipinski definition) is 2. The van der Waals surface area contributed by atoms with Gasteiger partial charge < -0.3 is 14.9 Å². The van der Waals surface area contributed by atoms with Crippen molar-refractivity contribution >= 4 is 28.0 Å². The fourth-order valence-electron chi connectivity index (χ4n) is 3.45. The fourth-order valence-corrected chi connectivity index (χ4v) is 3.45. The lowest BCUT2D eigenvalue weighted by Gasteiger charge is -2.15. The summed E-state index contributed by atoms with van der Waals surface area (Å²) in [6, 6.07) is 12.4. The number of carboxylic acids is 1. The molecule has 1 fully saturated rings. The molecule has 0 atom stereocenters. The maximum atomic E-state index is 12.1. The largest absolute Gasteiger partial charge is 0.507 e. The highest BCUT2D eigenvalue weighted by molar-refractivity contribution is 6.07. The molecule has 0 spiro atoms. The number of para-hydroxylation sites is 1. The van der Waals surface area contributed by atoms with Crippen molar-refractivity contribution < 1.29 is 19.7 Å². The Kier molecular flexibility index (Phi) is 4.74. The highest BCUT2D eigenvalue weighted by atomic mass is 16.5. The molecular formula is C24H23NO4. The van der Waals surface area contributed by atoms with Crippen LogP contribution in [0.25, 0.3) is 22.0 Å². The fraction of sp³-hybridized carbons (Fsp3) is 0.250. The Bertz CT molecular complexity index is 1160. The molecule has 5 heteroatoms. The van der Waals surface area contributed by atoms with E-state index in [-0.39, 0.29) is 17.4 Å². The van der Waals surface area contributed by atoms with E-state index in [2.05, 4.69) is 0 Å². The number of carbonyl (C=O) groups is 1. The SMILES string of the molecule is C/C(=C(/C)c1ccccc1O)c1cc(C(=O)O)c2c(OC3CC3)ccc(C)c2n1. The van der Waals surface area contributed by atoms with Crippen LogP contribution in [-0.2, 0) is 0 Å². The van der Waals surface area contributed by atoms with Crippen molar-refractivity contribution in [1.29, 1.82) is 0 Å². The van der Waals surface area contributed by atoms with Crippen LogP contribution in [-0.4, -0.2) is 27.3 Å². The number of aryl methyl sites for hydroxylation is 1. The van der Waals surface area contributed by atoms with Gasteiger partial charge in [0.05, 0.1) is 28.3 Å². The summed E-state index contributed by atoms with van der Waals surface area (Å²) in [6.45, 7) is 5.71. The molecule has 0 unspecified atom stereocenters. The monoisotopic (exact) mass is 389 g/mol. The van der Waals surface area contributed by atoms with Crippen molar-refractivity contribution in [3.63, 3.8) is 0 Å². The summed E-state index contributed by atoms with van der Waals surface area (Å²) >= 11 is 0. The first-order valence-electron chi connectivity index (χ1n) is 9.67.